The van der Waals surface area contributed by atoms with Crippen molar-refractivity contribution in [3.63, 3.8) is 0 Å². The Hall–Kier alpha value is -1.88. The average molecular weight is 450 g/mol. The Kier molecular flexibility index (Phi) is 12.6. The van der Waals surface area contributed by atoms with Crippen LogP contribution in [0.1, 0.15) is 54.4 Å². The number of carbonyl (C=O) groups is 3. The Morgan fingerprint density at radius 1 is 0.900 bits per heavy atom. The van der Waals surface area contributed by atoms with E-state index in [2.05, 4.69) is 21.3 Å². The predicted octanol–water partition coefficient (Wildman–Crippen LogP) is -0.118. The normalized spacial score (nSPS) is 13.9. The lowest BCUT2D eigenvalue weighted by Gasteiger charge is -2.27. The first-order valence-electron chi connectivity index (χ1n) is 10.4. The fraction of sp³-hybridized carbons (Fsp3) is 0.842. The number of urea groups is 1. The maximum atomic E-state index is 12.8. The molecular weight excluding hydrogens is 410 g/mol. The van der Waals surface area contributed by atoms with Gasteiger partial charge < -0.3 is 27.0 Å². The standard InChI is InChI=1S/C19H39N5O5S/c1-12(2)16(23-13(3)4)18(26)24-15(8-7-9-22-19(20)27)17(25)21-10-11-30(28,29)14(5)6/h12-16,23H,7-11H2,1-6H3,(H,21,25)(H,24,26)(H3,20,22,27)/t15-,16-/m0/s1. The number of hydrogen-bond acceptors (Lipinski definition) is 6. The number of nitrogens with two attached hydrogens (primary N) is 1. The zero-order valence-electron chi connectivity index (χ0n) is 18.9. The first-order chi connectivity index (χ1) is 13.8. The molecule has 0 aromatic heterocycles. The summed E-state index contributed by atoms with van der Waals surface area (Å²) >= 11 is 0. The first kappa shape index (κ1) is 28.1. The molecule has 0 aliphatic rings. The quantitative estimate of drug-likeness (QED) is 0.232. The van der Waals surface area contributed by atoms with E-state index in [0.29, 0.717) is 6.42 Å². The van der Waals surface area contributed by atoms with Crippen molar-refractivity contribution in [2.24, 2.45) is 11.7 Å². The van der Waals surface area contributed by atoms with Gasteiger partial charge in [-0.05, 0) is 32.6 Å². The van der Waals surface area contributed by atoms with Crippen LogP contribution in [0.15, 0.2) is 0 Å². The van der Waals surface area contributed by atoms with E-state index in [-0.39, 0.29) is 43.1 Å². The number of rotatable bonds is 14. The molecule has 0 radical (unpaired) electrons. The van der Waals surface area contributed by atoms with Gasteiger partial charge in [0.15, 0.2) is 9.84 Å². The van der Waals surface area contributed by atoms with Gasteiger partial charge in [0.05, 0.1) is 17.0 Å². The maximum absolute atomic E-state index is 12.8. The lowest BCUT2D eigenvalue weighted by molar-refractivity contribution is -0.130. The Bertz CT molecular complexity index is 664. The lowest BCUT2D eigenvalue weighted by atomic mass is 10.0. The monoisotopic (exact) mass is 449 g/mol. The molecule has 0 aliphatic carbocycles. The lowest BCUT2D eigenvalue weighted by Crippen LogP contribution is -2.55. The molecule has 0 saturated carbocycles. The number of hydrogen-bond donors (Lipinski definition) is 5. The average Bonchev–Trinajstić information content (AvgIpc) is 2.60. The molecule has 176 valence electrons. The molecule has 0 saturated heterocycles. The van der Waals surface area contributed by atoms with E-state index in [9.17, 15) is 22.8 Å². The third-order valence-electron chi connectivity index (χ3n) is 4.47. The predicted molar refractivity (Wildman–Crippen MR) is 118 cm³/mol. The minimum absolute atomic E-state index is 0.00354. The fourth-order valence-corrected chi connectivity index (χ4v) is 3.51. The number of nitrogens with one attached hydrogen (secondary N) is 4. The molecule has 0 unspecified atom stereocenters. The van der Waals surface area contributed by atoms with Gasteiger partial charge in [-0.15, -0.1) is 0 Å². The highest BCUT2D eigenvalue weighted by atomic mass is 32.2. The fourth-order valence-electron chi connectivity index (χ4n) is 2.65. The van der Waals surface area contributed by atoms with Crippen LogP contribution in [-0.4, -0.2) is 68.5 Å². The Balaban J connectivity index is 5.08. The van der Waals surface area contributed by atoms with Gasteiger partial charge in [0.1, 0.15) is 6.04 Å². The first-order valence-corrected chi connectivity index (χ1v) is 12.1. The number of amides is 4. The van der Waals surface area contributed by atoms with E-state index in [4.69, 9.17) is 5.73 Å². The minimum atomic E-state index is -3.28. The van der Waals surface area contributed by atoms with Gasteiger partial charge in [-0.1, -0.05) is 27.7 Å². The van der Waals surface area contributed by atoms with Gasteiger partial charge in [0.2, 0.25) is 11.8 Å². The Labute approximate surface area is 180 Å². The van der Waals surface area contributed by atoms with Crippen LogP contribution >= 0.6 is 0 Å². The van der Waals surface area contributed by atoms with Crippen LogP contribution in [0.5, 0.6) is 0 Å². The molecule has 0 aliphatic heterocycles. The molecule has 2 atom stereocenters. The Morgan fingerprint density at radius 3 is 1.97 bits per heavy atom. The minimum Gasteiger partial charge on any atom is -0.353 e. The van der Waals surface area contributed by atoms with E-state index in [1.54, 1.807) is 13.8 Å². The van der Waals surface area contributed by atoms with Crippen molar-refractivity contribution >= 4 is 27.7 Å². The summed E-state index contributed by atoms with van der Waals surface area (Å²) in [5, 5.41) is 10.4. The summed E-state index contributed by atoms with van der Waals surface area (Å²) in [6.45, 7) is 11.1. The van der Waals surface area contributed by atoms with Crippen LogP contribution in [-0.2, 0) is 19.4 Å². The second kappa shape index (κ2) is 13.4. The van der Waals surface area contributed by atoms with E-state index < -0.39 is 39.1 Å². The molecule has 11 heteroatoms. The van der Waals surface area contributed by atoms with Crippen LogP contribution < -0.4 is 27.0 Å². The summed E-state index contributed by atoms with van der Waals surface area (Å²) in [6, 6.07) is -1.93. The maximum Gasteiger partial charge on any atom is 0.312 e. The zero-order chi connectivity index (χ0) is 23.5. The van der Waals surface area contributed by atoms with Crippen LogP contribution in [0.4, 0.5) is 4.79 Å². The van der Waals surface area contributed by atoms with Gasteiger partial charge >= 0.3 is 6.03 Å². The van der Waals surface area contributed by atoms with E-state index in [1.165, 1.54) is 0 Å². The molecule has 0 bridgehead atoms. The molecular formula is C19H39N5O5S. The number of sulfone groups is 1. The third-order valence-corrected chi connectivity index (χ3v) is 6.68. The second-order valence-electron chi connectivity index (χ2n) is 8.24. The van der Waals surface area contributed by atoms with E-state index in [0.717, 1.165) is 0 Å². The van der Waals surface area contributed by atoms with Crippen LogP contribution in [0.25, 0.3) is 0 Å². The van der Waals surface area contributed by atoms with Crippen molar-refractivity contribution in [2.45, 2.75) is 77.8 Å². The van der Waals surface area contributed by atoms with Gasteiger partial charge in [-0.3, -0.25) is 9.59 Å². The largest absolute Gasteiger partial charge is 0.353 e. The van der Waals surface area contributed by atoms with E-state index >= 15 is 0 Å². The van der Waals surface area contributed by atoms with Gasteiger partial charge in [0.25, 0.3) is 0 Å². The summed E-state index contributed by atoms with van der Waals surface area (Å²) in [4.78, 5) is 36.2. The van der Waals surface area contributed by atoms with Crippen LogP contribution in [0.3, 0.4) is 0 Å². The van der Waals surface area contributed by atoms with Gasteiger partial charge in [0, 0.05) is 19.1 Å². The van der Waals surface area contributed by atoms with Crippen molar-refractivity contribution in [2.75, 3.05) is 18.8 Å². The summed E-state index contributed by atoms with van der Waals surface area (Å²) in [6.07, 6.45) is 0.677. The smallest absolute Gasteiger partial charge is 0.312 e. The molecule has 0 spiro atoms. The van der Waals surface area contributed by atoms with Gasteiger partial charge in [-0.25, -0.2) is 13.2 Å². The highest BCUT2D eigenvalue weighted by Crippen LogP contribution is 2.06. The molecule has 0 rings (SSSR count). The molecule has 30 heavy (non-hydrogen) atoms. The van der Waals surface area contributed by atoms with Crippen molar-refractivity contribution in [1.82, 2.24) is 21.3 Å². The highest BCUT2D eigenvalue weighted by molar-refractivity contribution is 7.92. The summed E-state index contributed by atoms with van der Waals surface area (Å²) in [7, 11) is -3.28. The molecule has 0 aromatic carbocycles. The number of carbonyl (C=O) groups excluding carboxylic acids is 3. The summed E-state index contributed by atoms with van der Waals surface area (Å²) in [5.41, 5.74) is 5.04. The summed E-state index contributed by atoms with van der Waals surface area (Å²) in [5.74, 6) is -0.946. The molecule has 0 heterocycles. The van der Waals surface area contributed by atoms with Crippen molar-refractivity contribution < 1.29 is 22.8 Å². The highest BCUT2D eigenvalue weighted by Gasteiger charge is 2.28. The Morgan fingerprint density at radius 2 is 1.50 bits per heavy atom. The zero-order valence-corrected chi connectivity index (χ0v) is 19.8. The second-order valence-corrected chi connectivity index (χ2v) is 10.9. The third kappa shape index (κ3) is 11.3. The SMILES string of the molecule is CC(C)N[C@H](C(=O)N[C@@H](CCCNC(N)=O)C(=O)NCCS(=O)(=O)C(C)C)C(C)C. The molecule has 6 N–H and O–H groups in total. The van der Waals surface area contributed by atoms with Gasteiger partial charge in [-0.2, -0.15) is 0 Å². The van der Waals surface area contributed by atoms with Crippen molar-refractivity contribution in [3.05, 3.63) is 0 Å². The topological polar surface area (TPSA) is 159 Å². The molecule has 0 fully saturated rings. The van der Waals surface area contributed by atoms with Crippen molar-refractivity contribution in [3.8, 4) is 0 Å². The van der Waals surface area contributed by atoms with Crippen LogP contribution in [0.2, 0.25) is 0 Å². The van der Waals surface area contributed by atoms with Crippen LogP contribution in [0, 0.1) is 5.92 Å². The molecule has 10 nitrogen and oxygen atoms in total. The van der Waals surface area contributed by atoms with E-state index in [1.807, 2.05) is 27.7 Å². The molecule has 0 aromatic rings. The number of primary amides is 1. The summed E-state index contributed by atoms with van der Waals surface area (Å²) < 4.78 is 23.8. The molecule has 4 amide bonds. The van der Waals surface area contributed by atoms with Crippen molar-refractivity contribution in [1.29, 1.82) is 0 Å².